The molecule has 4 rings (SSSR count). The van der Waals surface area contributed by atoms with E-state index in [4.69, 9.17) is 0 Å². The molecular weight excluding hydrogens is 368 g/mol. The Bertz CT molecular complexity index is 1020. The Morgan fingerprint density at radius 1 is 0.967 bits per heavy atom. The van der Waals surface area contributed by atoms with E-state index in [1.165, 1.54) is 27.6 Å². The molecule has 2 heterocycles. The van der Waals surface area contributed by atoms with Gasteiger partial charge in [-0.1, -0.05) is 58.9 Å². The second-order valence-electron chi connectivity index (χ2n) is 9.89. The third-order valence-corrected chi connectivity index (χ3v) is 5.86. The Labute approximate surface area is 181 Å². The van der Waals surface area contributed by atoms with Gasteiger partial charge in [0.1, 0.15) is 0 Å². The van der Waals surface area contributed by atoms with Crippen molar-refractivity contribution in [2.24, 2.45) is 0 Å². The maximum atomic E-state index is 12.0. The lowest BCUT2D eigenvalue weighted by molar-refractivity contribution is -0.119. The molecule has 0 fully saturated rings. The third-order valence-electron chi connectivity index (χ3n) is 5.86. The van der Waals surface area contributed by atoms with E-state index in [-0.39, 0.29) is 17.4 Å². The van der Waals surface area contributed by atoms with Crippen LogP contribution >= 0.6 is 0 Å². The van der Waals surface area contributed by atoms with Crippen molar-refractivity contribution in [3.8, 4) is 0 Å². The summed E-state index contributed by atoms with van der Waals surface area (Å²) in [7, 11) is 0. The van der Waals surface area contributed by atoms with E-state index in [9.17, 15) is 4.79 Å². The molecule has 0 saturated heterocycles. The highest BCUT2D eigenvalue weighted by Gasteiger charge is 2.27. The van der Waals surface area contributed by atoms with Crippen molar-refractivity contribution >= 4 is 22.5 Å². The van der Waals surface area contributed by atoms with Crippen LogP contribution in [0.3, 0.4) is 0 Å². The predicted molar refractivity (Wildman–Crippen MR) is 128 cm³/mol. The molecule has 0 atom stereocenters. The number of anilines is 1. The molecule has 3 nitrogen and oxygen atoms in total. The normalized spacial score (nSPS) is 14.2. The minimum atomic E-state index is 0.235. The van der Waals surface area contributed by atoms with Gasteiger partial charge in [0.2, 0.25) is 5.91 Å². The molecule has 1 amide bonds. The van der Waals surface area contributed by atoms with Crippen molar-refractivity contribution in [2.45, 2.75) is 78.7 Å². The van der Waals surface area contributed by atoms with Gasteiger partial charge in [0, 0.05) is 29.9 Å². The zero-order valence-electron chi connectivity index (χ0n) is 19.5. The van der Waals surface area contributed by atoms with Crippen LogP contribution in [0.2, 0.25) is 0 Å². The average molecular weight is 405 g/mol. The van der Waals surface area contributed by atoms with Crippen LogP contribution < -0.4 is 4.90 Å². The van der Waals surface area contributed by atoms with E-state index >= 15 is 0 Å². The lowest BCUT2D eigenvalue weighted by Gasteiger charge is -2.34. The van der Waals surface area contributed by atoms with E-state index in [0.29, 0.717) is 12.3 Å². The summed E-state index contributed by atoms with van der Waals surface area (Å²) in [4.78, 5) is 17.2. The van der Waals surface area contributed by atoms with E-state index in [2.05, 4.69) is 95.9 Å². The summed E-state index contributed by atoms with van der Waals surface area (Å²) in [6, 6.07) is 15.3. The Morgan fingerprint density at radius 3 is 2.33 bits per heavy atom. The maximum absolute atomic E-state index is 12.0. The quantitative estimate of drug-likeness (QED) is 0.492. The van der Waals surface area contributed by atoms with Gasteiger partial charge >= 0.3 is 0 Å². The van der Waals surface area contributed by atoms with Gasteiger partial charge in [0.05, 0.1) is 0 Å². The van der Waals surface area contributed by atoms with Crippen LogP contribution in [-0.4, -0.2) is 16.9 Å². The molecule has 2 aromatic carbocycles. The molecule has 1 aliphatic heterocycles. The topological polar surface area (TPSA) is 36.1 Å². The molecule has 0 bridgehead atoms. The molecule has 0 unspecified atom stereocenters. The number of carbonyl (C=O) groups is 1. The fourth-order valence-electron chi connectivity index (χ4n) is 4.20. The molecule has 0 aliphatic carbocycles. The third kappa shape index (κ3) is 4.61. The van der Waals surface area contributed by atoms with Gasteiger partial charge < -0.3 is 9.88 Å². The highest BCUT2D eigenvalue weighted by atomic mass is 16.2. The maximum Gasteiger partial charge on any atom is 0.227 e. The second-order valence-corrected chi connectivity index (χ2v) is 9.89. The van der Waals surface area contributed by atoms with Gasteiger partial charge in [-0.15, -0.1) is 0 Å². The number of hydrogen-bond acceptors (Lipinski definition) is 1. The van der Waals surface area contributed by atoms with Crippen molar-refractivity contribution in [1.29, 1.82) is 0 Å². The van der Waals surface area contributed by atoms with E-state index in [0.717, 1.165) is 12.1 Å². The van der Waals surface area contributed by atoms with Gasteiger partial charge in [-0.05, 0) is 71.9 Å². The Hall–Kier alpha value is -2.55. The van der Waals surface area contributed by atoms with Crippen molar-refractivity contribution in [1.82, 2.24) is 4.98 Å². The largest absolute Gasteiger partial charge is 0.361 e. The SMILES string of the molecule is CC(C)(C)c1ccc2cc[nH]c2c1.CC(C)c1cccc2c1CCC(=O)N2C(C)C. The zero-order chi connectivity index (χ0) is 22.1. The minimum Gasteiger partial charge on any atom is -0.361 e. The molecule has 0 radical (unpaired) electrons. The number of nitrogens with one attached hydrogen (secondary N) is 1. The number of nitrogens with zero attached hydrogens (tertiary/aromatic N) is 1. The number of H-pyrrole nitrogens is 1. The van der Waals surface area contributed by atoms with Crippen molar-refractivity contribution in [3.05, 3.63) is 65.4 Å². The first-order valence-corrected chi connectivity index (χ1v) is 11.1. The molecule has 30 heavy (non-hydrogen) atoms. The minimum absolute atomic E-state index is 0.235. The van der Waals surface area contributed by atoms with Crippen LogP contribution in [0.4, 0.5) is 5.69 Å². The van der Waals surface area contributed by atoms with Gasteiger partial charge in [-0.2, -0.15) is 0 Å². The summed E-state index contributed by atoms with van der Waals surface area (Å²) >= 11 is 0. The first-order valence-electron chi connectivity index (χ1n) is 11.1. The van der Waals surface area contributed by atoms with Crippen LogP contribution in [0.5, 0.6) is 0 Å². The molecule has 0 spiro atoms. The molecular formula is C27H36N2O. The van der Waals surface area contributed by atoms with Gasteiger partial charge in [-0.25, -0.2) is 0 Å². The highest BCUT2D eigenvalue weighted by molar-refractivity contribution is 5.97. The number of aromatic amines is 1. The number of amides is 1. The molecule has 160 valence electrons. The van der Waals surface area contributed by atoms with Gasteiger partial charge in [0.25, 0.3) is 0 Å². The monoisotopic (exact) mass is 404 g/mol. The summed E-state index contributed by atoms with van der Waals surface area (Å²) in [5.41, 5.74) is 6.73. The van der Waals surface area contributed by atoms with Crippen molar-refractivity contribution in [3.63, 3.8) is 0 Å². The Balaban J connectivity index is 0.000000177. The average Bonchev–Trinajstić information content (AvgIpc) is 3.14. The van der Waals surface area contributed by atoms with Crippen LogP contribution in [0, 0.1) is 0 Å². The molecule has 1 N–H and O–H groups in total. The second kappa shape index (κ2) is 8.67. The number of rotatable bonds is 2. The number of benzene rings is 2. The standard InChI is InChI=1S/C15H21NO.C12H15N/c1-10(2)12-6-5-7-14-13(12)8-9-15(17)16(14)11(3)4;1-12(2,3)10-5-4-9-6-7-13-11(9)8-10/h5-7,10-11H,8-9H2,1-4H3;4-8,13H,1-3H3. The van der Waals surface area contributed by atoms with E-state index < -0.39 is 0 Å². The van der Waals surface area contributed by atoms with Crippen molar-refractivity contribution in [2.75, 3.05) is 4.90 Å². The lowest BCUT2D eigenvalue weighted by Crippen LogP contribution is -2.40. The summed E-state index contributed by atoms with van der Waals surface area (Å²) in [6.45, 7) is 15.3. The van der Waals surface area contributed by atoms with Crippen molar-refractivity contribution < 1.29 is 4.79 Å². The van der Waals surface area contributed by atoms with E-state index in [1.807, 2.05) is 11.1 Å². The molecule has 3 aromatic rings. The summed E-state index contributed by atoms with van der Waals surface area (Å²) in [5, 5.41) is 1.29. The number of hydrogen-bond donors (Lipinski definition) is 1. The number of fused-ring (bicyclic) bond motifs is 2. The first kappa shape index (κ1) is 22.1. The molecule has 0 saturated carbocycles. The lowest BCUT2D eigenvalue weighted by atomic mass is 9.87. The predicted octanol–water partition coefficient (Wildman–Crippen LogP) is 6.96. The molecule has 1 aromatic heterocycles. The fourth-order valence-corrected chi connectivity index (χ4v) is 4.20. The van der Waals surface area contributed by atoms with E-state index in [1.54, 1.807) is 0 Å². The van der Waals surface area contributed by atoms with Crippen LogP contribution in [0.1, 0.15) is 77.5 Å². The smallest absolute Gasteiger partial charge is 0.227 e. The molecule has 3 heteroatoms. The highest BCUT2D eigenvalue weighted by Crippen LogP contribution is 2.34. The summed E-state index contributed by atoms with van der Waals surface area (Å²) in [6.07, 6.45) is 3.53. The summed E-state index contributed by atoms with van der Waals surface area (Å²) in [5.74, 6) is 0.778. The zero-order valence-corrected chi connectivity index (χ0v) is 19.5. The van der Waals surface area contributed by atoms with Crippen LogP contribution in [0.15, 0.2) is 48.7 Å². The van der Waals surface area contributed by atoms with Gasteiger partial charge in [0.15, 0.2) is 0 Å². The summed E-state index contributed by atoms with van der Waals surface area (Å²) < 4.78 is 0. The van der Waals surface area contributed by atoms with Crippen LogP contribution in [-0.2, 0) is 16.6 Å². The Kier molecular flexibility index (Phi) is 6.40. The number of aromatic nitrogens is 1. The molecule has 1 aliphatic rings. The fraction of sp³-hybridized carbons (Fsp3) is 0.444. The Morgan fingerprint density at radius 2 is 1.70 bits per heavy atom. The van der Waals surface area contributed by atoms with Crippen LogP contribution in [0.25, 0.3) is 10.9 Å². The van der Waals surface area contributed by atoms with Gasteiger partial charge in [-0.3, -0.25) is 4.79 Å². The first-order chi connectivity index (χ1) is 14.1. The number of carbonyl (C=O) groups excluding carboxylic acids is 1.